The fourth-order valence-electron chi connectivity index (χ4n) is 2.41. The minimum atomic E-state index is -0.241. The van der Waals surface area contributed by atoms with Crippen LogP contribution in [0.3, 0.4) is 0 Å². The molecule has 1 aliphatic heterocycles. The lowest BCUT2D eigenvalue weighted by Gasteiger charge is -2.39. The third-order valence-electron chi connectivity index (χ3n) is 3.62. The predicted octanol–water partition coefficient (Wildman–Crippen LogP) is 1.17. The fraction of sp³-hybridized carbons (Fsp3) is 0.615. The summed E-state index contributed by atoms with van der Waals surface area (Å²) in [5.41, 5.74) is -0.241. The van der Waals surface area contributed by atoms with Crippen molar-refractivity contribution in [3.8, 4) is 0 Å². The number of aromatic nitrogens is 2. The lowest BCUT2D eigenvalue weighted by Crippen LogP contribution is -2.47. The van der Waals surface area contributed by atoms with E-state index in [0.717, 1.165) is 31.9 Å². The van der Waals surface area contributed by atoms with E-state index in [9.17, 15) is 4.79 Å². The maximum atomic E-state index is 12.1. The molecule has 1 fully saturated rings. The summed E-state index contributed by atoms with van der Waals surface area (Å²) >= 11 is 0. The summed E-state index contributed by atoms with van der Waals surface area (Å²) in [4.78, 5) is 24.5. The molecule has 1 saturated heterocycles. The second kappa shape index (κ2) is 4.92. The molecule has 0 N–H and O–H groups in total. The van der Waals surface area contributed by atoms with Crippen LogP contribution in [-0.2, 0) is 4.79 Å². The molecule has 0 radical (unpaired) electrons. The summed E-state index contributed by atoms with van der Waals surface area (Å²) in [6.07, 6.45) is 5.20. The number of amides is 1. The minimum absolute atomic E-state index is 0.219. The van der Waals surface area contributed by atoms with Gasteiger partial charge in [-0.25, -0.2) is 9.97 Å². The number of piperidine rings is 1. The Kier molecular flexibility index (Phi) is 3.50. The van der Waals surface area contributed by atoms with Crippen LogP contribution in [0.15, 0.2) is 18.5 Å². The Morgan fingerprint density at radius 2 is 1.83 bits per heavy atom. The molecule has 1 aromatic rings. The number of nitrogens with zero attached hydrogens (tertiary/aromatic N) is 4. The highest BCUT2D eigenvalue weighted by molar-refractivity contribution is 5.82. The van der Waals surface area contributed by atoms with Crippen LogP contribution in [0.2, 0.25) is 0 Å². The number of hydrogen-bond donors (Lipinski definition) is 0. The van der Waals surface area contributed by atoms with Gasteiger partial charge in [-0.1, -0.05) is 6.92 Å². The van der Waals surface area contributed by atoms with Crippen LogP contribution in [0.4, 0.5) is 5.95 Å². The van der Waals surface area contributed by atoms with Gasteiger partial charge in [0.2, 0.25) is 11.9 Å². The average Bonchev–Trinajstić information content (AvgIpc) is 2.39. The van der Waals surface area contributed by atoms with Crippen molar-refractivity contribution in [2.24, 2.45) is 5.41 Å². The molecule has 2 rings (SSSR count). The third kappa shape index (κ3) is 2.44. The Bertz CT molecular complexity index is 410. The lowest BCUT2D eigenvalue weighted by atomic mass is 9.79. The molecule has 1 aliphatic rings. The van der Waals surface area contributed by atoms with Crippen molar-refractivity contribution in [2.45, 2.75) is 19.8 Å². The van der Waals surface area contributed by atoms with E-state index >= 15 is 0 Å². The summed E-state index contributed by atoms with van der Waals surface area (Å²) in [5, 5.41) is 0. The molecule has 1 amide bonds. The number of carbonyl (C=O) groups is 1. The van der Waals surface area contributed by atoms with Crippen molar-refractivity contribution in [1.29, 1.82) is 0 Å². The van der Waals surface area contributed by atoms with Crippen LogP contribution in [0, 0.1) is 5.41 Å². The highest BCUT2D eigenvalue weighted by Crippen LogP contribution is 2.33. The highest BCUT2D eigenvalue weighted by Gasteiger charge is 2.38. The van der Waals surface area contributed by atoms with Gasteiger partial charge in [-0.2, -0.15) is 0 Å². The summed E-state index contributed by atoms with van der Waals surface area (Å²) in [6.45, 7) is 3.72. The van der Waals surface area contributed by atoms with E-state index in [1.807, 2.05) is 20.2 Å². The van der Waals surface area contributed by atoms with Gasteiger partial charge in [-0.05, 0) is 18.9 Å². The molecule has 5 nitrogen and oxygen atoms in total. The van der Waals surface area contributed by atoms with Gasteiger partial charge in [0.05, 0.1) is 0 Å². The van der Waals surface area contributed by atoms with Crippen LogP contribution in [0.25, 0.3) is 0 Å². The molecule has 0 bridgehead atoms. The maximum absolute atomic E-state index is 12.1. The van der Waals surface area contributed by atoms with Gasteiger partial charge in [0.25, 0.3) is 0 Å². The molecule has 0 aromatic carbocycles. The predicted molar refractivity (Wildman–Crippen MR) is 70.3 cm³/mol. The van der Waals surface area contributed by atoms with Gasteiger partial charge < -0.3 is 9.80 Å². The summed E-state index contributed by atoms with van der Waals surface area (Å²) in [6, 6.07) is 1.81. The molecule has 98 valence electrons. The summed E-state index contributed by atoms with van der Waals surface area (Å²) in [5.74, 6) is 0.980. The second-order valence-electron chi connectivity index (χ2n) is 5.30. The molecule has 0 atom stereocenters. The number of anilines is 1. The zero-order chi connectivity index (χ0) is 13.2. The molecule has 0 aliphatic carbocycles. The Hall–Kier alpha value is -1.65. The van der Waals surface area contributed by atoms with Crippen molar-refractivity contribution < 1.29 is 4.79 Å². The topological polar surface area (TPSA) is 49.3 Å². The number of hydrogen-bond acceptors (Lipinski definition) is 4. The first-order valence-electron chi connectivity index (χ1n) is 6.27. The normalized spacial score (nSPS) is 18.5. The van der Waals surface area contributed by atoms with Crippen LogP contribution in [0.5, 0.6) is 0 Å². The van der Waals surface area contributed by atoms with Crippen molar-refractivity contribution >= 4 is 11.9 Å². The van der Waals surface area contributed by atoms with Crippen molar-refractivity contribution in [1.82, 2.24) is 14.9 Å². The first-order chi connectivity index (χ1) is 8.53. The lowest BCUT2D eigenvalue weighted by molar-refractivity contribution is -0.139. The highest BCUT2D eigenvalue weighted by atomic mass is 16.2. The molecular formula is C13H20N4O. The molecule has 0 saturated carbocycles. The second-order valence-corrected chi connectivity index (χ2v) is 5.30. The molecule has 1 aromatic heterocycles. The van der Waals surface area contributed by atoms with Crippen LogP contribution < -0.4 is 4.90 Å². The van der Waals surface area contributed by atoms with Crippen molar-refractivity contribution in [2.75, 3.05) is 32.1 Å². The average molecular weight is 248 g/mol. The zero-order valence-electron chi connectivity index (χ0n) is 11.3. The van der Waals surface area contributed by atoms with Crippen LogP contribution in [0.1, 0.15) is 19.8 Å². The Balaban J connectivity index is 2.02. The van der Waals surface area contributed by atoms with E-state index in [2.05, 4.69) is 21.8 Å². The van der Waals surface area contributed by atoms with Gasteiger partial charge >= 0.3 is 0 Å². The van der Waals surface area contributed by atoms with E-state index in [0.29, 0.717) is 0 Å². The molecular weight excluding hydrogens is 228 g/mol. The quantitative estimate of drug-likeness (QED) is 0.788. The van der Waals surface area contributed by atoms with E-state index in [1.54, 1.807) is 17.3 Å². The van der Waals surface area contributed by atoms with E-state index < -0.39 is 0 Å². The van der Waals surface area contributed by atoms with Crippen LogP contribution >= 0.6 is 0 Å². The smallest absolute Gasteiger partial charge is 0.228 e. The molecule has 0 unspecified atom stereocenters. The SMILES string of the molecule is CN(C)C(=O)C1(C)CCN(c2ncccn2)CC1. The first kappa shape index (κ1) is 12.8. The van der Waals surface area contributed by atoms with Crippen molar-refractivity contribution in [3.63, 3.8) is 0 Å². The minimum Gasteiger partial charge on any atom is -0.348 e. The Labute approximate surface area is 108 Å². The standard InChI is InChI=1S/C13H20N4O/c1-13(11(18)16(2)3)5-9-17(10-6-13)12-14-7-4-8-15-12/h4,7-8H,5-6,9-10H2,1-3H3. The monoisotopic (exact) mass is 248 g/mol. The third-order valence-corrected chi connectivity index (χ3v) is 3.62. The summed E-state index contributed by atoms with van der Waals surface area (Å²) < 4.78 is 0. The Morgan fingerprint density at radius 3 is 2.33 bits per heavy atom. The van der Waals surface area contributed by atoms with Gasteiger partial charge in [0.1, 0.15) is 0 Å². The largest absolute Gasteiger partial charge is 0.348 e. The maximum Gasteiger partial charge on any atom is 0.228 e. The molecule has 2 heterocycles. The van der Waals surface area contributed by atoms with E-state index in [-0.39, 0.29) is 11.3 Å². The molecule has 18 heavy (non-hydrogen) atoms. The summed E-state index contributed by atoms with van der Waals surface area (Å²) in [7, 11) is 3.64. The first-order valence-corrected chi connectivity index (χ1v) is 6.27. The fourth-order valence-corrected chi connectivity index (χ4v) is 2.41. The van der Waals surface area contributed by atoms with Crippen molar-refractivity contribution in [3.05, 3.63) is 18.5 Å². The molecule has 0 spiro atoms. The van der Waals surface area contributed by atoms with Gasteiger partial charge in [-0.15, -0.1) is 0 Å². The van der Waals surface area contributed by atoms with E-state index in [4.69, 9.17) is 0 Å². The number of carbonyl (C=O) groups excluding carboxylic acids is 1. The van der Waals surface area contributed by atoms with Gasteiger partial charge in [0, 0.05) is 45.0 Å². The molecule has 5 heteroatoms. The zero-order valence-corrected chi connectivity index (χ0v) is 11.3. The van der Waals surface area contributed by atoms with Gasteiger partial charge in [-0.3, -0.25) is 4.79 Å². The van der Waals surface area contributed by atoms with Gasteiger partial charge in [0.15, 0.2) is 0 Å². The number of rotatable bonds is 2. The Morgan fingerprint density at radius 1 is 1.28 bits per heavy atom. The van der Waals surface area contributed by atoms with Crippen LogP contribution in [-0.4, -0.2) is 48.0 Å². The van der Waals surface area contributed by atoms with E-state index in [1.165, 1.54) is 0 Å².